The molecule has 0 aromatic heterocycles. The van der Waals surface area contributed by atoms with Crippen molar-refractivity contribution in [2.24, 2.45) is 0 Å². The maximum atomic E-state index is 8.62. The number of anilines is 1. The summed E-state index contributed by atoms with van der Waals surface area (Å²) in [6.07, 6.45) is 0. The van der Waals surface area contributed by atoms with Gasteiger partial charge in [-0.3, -0.25) is 0 Å². The van der Waals surface area contributed by atoms with Crippen LogP contribution >= 0.6 is 0 Å². The Balaban J connectivity index is -0.000000653. The van der Waals surface area contributed by atoms with Gasteiger partial charge in [0.2, 0.25) is 5.39 Å². The van der Waals surface area contributed by atoms with E-state index in [1.807, 2.05) is 32.0 Å². The monoisotopic (exact) mass is 326 g/mol. The molecule has 7 heteroatoms. The fraction of sp³-hybridized carbons (Fsp3) is 0.400. The third kappa shape index (κ3) is 6.07. The zero-order valence-electron chi connectivity index (χ0n) is 10.2. The normalized spacial score (nSPS) is 7.65. The third-order valence-electron chi connectivity index (χ3n) is 1.84. The average Bonchev–Trinajstić information content (AvgIpc) is 2.17. The number of nitrogens with zero attached hydrogens (tertiary/aromatic N) is 3. The molecule has 0 amide bonds. The van der Waals surface area contributed by atoms with Gasteiger partial charge in [0.15, 0.2) is 10.7 Å². The van der Waals surface area contributed by atoms with E-state index in [2.05, 4.69) is 4.98 Å². The zero-order valence-corrected chi connectivity index (χ0v) is 14.6. The van der Waals surface area contributed by atoms with Gasteiger partial charge in [-0.05, 0) is 13.0 Å². The summed E-state index contributed by atoms with van der Waals surface area (Å²) in [5.74, 6) is 0.729. The molecule has 0 aliphatic carbocycles. The molecule has 0 N–H and O–H groups in total. The van der Waals surface area contributed by atoms with Crippen LogP contribution in [0, 0.1) is 5.39 Å². The van der Waals surface area contributed by atoms with Gasteiger partial charge in [0.05, 0.1) is 18.4 Å². The number of halogens is 2. The molecule has 0 atom stereocenters. The Morgan fingerprint density at radius 1 is 1.29 bits per heavy atom. The Hall–Kier alpha value is -0.557. The molecule has 1 aromatic carbocycles. The van der Waals surface area contributed by atoms with Gasteiger partial charge in [0.25, 0.3) is 0 Å². The summed E-state index contributed by atoms with van der Waals surface area (Å²) in [4.78, 5) is 5.07. The molecular formula is C10H14Cl2N3OZn-. The number of rotatable bonds is 3. The molecule has 1 aromatic rings. The molecule has 0 aliphatic heterocycles. The van der Waals surface area contributed by atoms with Crippen molar-refractivity contribution in [3.05, 3.63) is 23.2 Å². The Morgan fingerprint density at radius 2 is 1.88 bits per heavy atom. The van der Waals surface area contributed by atoms with Gasteiger partial charge < -0.3 is 34.5 Å². The molecule has 0 fully saturated rings. The largest absolute Gasteiger partial charge is 1.00 e. The average molecular weight is 329 g/mol. The molecule has 0 saturated heterocycles. The predicted octanol–water partition coefficient (Wildman–Crippen LogP) is -3.36. The smallest absolute Gasteiger partial charge is 0.388 e. The predicted molar refractivity (Wildman–Crippen MR) is 56.7 cm³/mol. The van der Waals surface area contributed by atoms with Crippen molar-refractivity contribution in [3.8, 4) is 5.75 Å². The van der Waals surface area contributed by atoms with E-state index in [1.54, 1.807) is 12.1 Å². The van der Waals surface area contributed by atoms with E-state index in [0.29, 0.717) is 12.3 Å². The first kappa shape index (κ1) is 21.7. The van der Waals surface area contributed by atoms with Crippen molar-refractivity contribution in [2.75, 3.05) is 25.6 Å². The van der Waals surface area contributed by atoms with E-state index in [4.69, 9.17) is 10.1 Å². The minimum atomic E-state index is 0. The Kier molecular flexibility index (Phi) is 13.5. The van der Waals surface area contributed by atoms with Crippen molar-refractivity contribution >= 4 is 11.4 Å². The fourth-order valence-corrected chi connectivity index (χ4v) is 1.21. The Bertz CT molecular complexity index is 369. The summed E-state index contributed by atoms with van der Waals surface area (Å²) < 4.78 is 5.43. The van der Waals surface area contributed by atoms with Crippen LogP contribution in [0.1, 0.15) is 6.92 Å². The van der Waals surface area contributed by atoms with Crippen LogP contribution in [0.5, 0.6) is 5.75 Å². The van der Waals surface area contributed by atoms with Gasteiger partial charge in [-0.2, -0.15) is 0 Å². The minimum absolute atomic E-state index is 0. The Labute approximate surface area is 127 Å². The van der Waals surface area contributed by atoms with Crippen LogP contribution < -0.4 is 34.5 Å². The number of hydrogen-bond acceptors (Lipinski definition) is 3. The zero-order chi connectivity index (χ0) is 10.6. The van der Waals surface area contributed by atoms with Crippen molar-refractivity contribution in [2.45, 2.75) is 6.92 Å². The molecule has 0 bridgehead atoms. The van der Waals surface area contributed by atoms with Crippen molar-refractivity contribution in [3.63, 3.8) is 0 Å². The van der Waals surface area contributed by atoms with Crippen LogP contribution in [0.25, 0.3) is 4.98 Å². The molecular weight excluding hydrogens is 314 g/mol. The second-order valence-electron chi connectivity index (χ2n) is 3.08. The van der Waals surface area contributed by atoms with Crippen LogP contribution in [-0.2, 0) is 19.5 Å². The molecule has 0 spiro atoms. The number of hydrogen-bond donors (Lipinski definition) is 0. The summed E-state index contributed by atoms with van der Waals surface area (Å²) in [5.41, 5.74) is 1.47. The van der Waals surface area contributed by atoms with Gasteiger partial charge in [0.1, 0.15) is 0 Å². The first-order valence-electron chi connectivity index (χ1n) is 4.48. The minimum Gasteiger partial charge on any atom is -1.00 e. The number of ether oxygens (including phenoxy) is 1. The van der Waals surface area contributed by atoms with Crippen LogP contribution in [0.15, 0.2) is 18.2 Å². The van der Waals surface area contributed by atoms with Gasteiger partial charge in [0, 0.05) is 39.6 Å². The van der Waals surface area contributed by atoms with E-state index in [-0.39, 0.29) is 44.3 Å². The molecule has 0 radical (unpaired) electrons. The van der Waals surface area contributed by atoms with Crippen molar-refractivity contribution < 1.29 is 49.0 Å². The molecule has 0 heterocycles. The van der Waals surface area contributed by atoms with E-state index in [0.717, 1.165) is 11.4 Å². The molecule has 0 saturated carbocycles. The number of diazo groups is 1. The van der Waals surface area contributed by atoms with E-state index in [1.165, 1.54) is 0 Å². The van der Waals surface area contributed by atoms with E-state index in [9.17, 15) is 0 Å². The van der Waals surface area contributed by atoms with Crippen molar-refractivity contribution in [1.82, 2.24) is 0 Å². The van der Waals surface area contributed by atoms with E-state index < -0.39 is 0 Å². The molecule has 0 unspecified atom stereocenters. The van der Waals surface area contributed by atoms with E-state index >= 15 is 0 Å². The van der Waals surface area contributed by atoms with Gasteiger partial charge >= 0.3 is 5.69 Å². The molecule has 0 aliphatic rings. The summed E-state index contributed by atoms with van der Waals surface area (Å²) >= 11 is 0. The van der Waals surface area contributed by atoms with Gasteiger partial charge in [-0.25, -0.2) is 0 Å². The standard InChI is InChI=1S/C10H14N3O.2ClH.Zn/c1-4-14-10-7-8(12-11)5-6-9(10)13(2)3;;;/h5-7H,4H2,1-3H3;2*1H;/q+1;;;/p-2. The quantitative estimate of drug-likeness (QED) is 0.430. The fourth-order valence-electron chi connectivity index (χ4n) is 1.21. The van der Waals surface area contributed by atoms with Crippen LogP contribution in [0.2, 0.25) is 0 Å². The van der Waals surface area contributed by atoms with Crippen LogP contribution in [0.3, 0.4) is 0 Å². The second kappa shape index (κ2) is 10.6. The SMILES string of the molecule is CCOc1cc([N+]#N)ccc1N(C)C.[Cl-].[Cl-].[Zn]. The first-order chi connectivity index (χ1) is 6.69. The van der Waals surface area contributed by atoms with Gasteiger partial charge in [-0.15, -0.1) is 0 Å². The first-order valence-corrected chi connectivity index (χ1v) is 4.48. The topological polar surface area (TPSA) is 40.6 Å². The summed E-state index contributed by atoms with van der Waals surface area (Å²) in [5, 5.41) is 8.62. The van der Waals surface area contributed by atoms with Gasteiger partial charge in [-0.1, -0.05) is 0 Å². The maximum absolute atomic E-state index is 8.62. The summed E-state index contributed by atoms with van der Waals surface area (Å²) in [6, 6.07) is 5.30. The molecule has 1 rings (SSSR count). The Morgan fingerprint density at radius 3 is 2.29 bits per heavy atom. The second-order valence-corrected chi connectivity index (χ2v) is 3.08. The summed E-state index contributed by atoms with van der Waals surface area (Å²) in [7, 11) is 3.88. The molecule has 17 heavy (non-hydrogen) atoms. The molecule has 4 nitrogen and oxygen atoms in total. The van der Waals surface area contributed by atoms with Crippen LogP contribution in [0.4, 0.5) is 11.4 Å². The third-order valence-corrected chi connectivity index (χ3v) is 1.84. The molecule has 92 valence electrons. The maximum Gasteiger partial charge on any atom is 0.388 e. The van der Waals surface area contributed by atoms with Crippen LogP contribution in [-0.4, -0.2) is 20.7 Å². The van der Waals surface area contributed by atoms with Crippen molar-refractivity contribution in [1.29, 1.82) is 5.39 Å². The number of benzene rings is 1. The summed E-state index contributed by atoms with van der Waals surface area (Å²) in [6.45, 7) is 2.51.